The fourth-order valence-corrected chi connectivity index (χ4v) is 2.59. The highest BCUT2D eigenvalue weighted by Gasteiger charge is 2.15. The first kappa shape index (κ1) is 18.2. The molecule has 1 aromatic heterocycles. The average Bonchev–Trinajstić information content (AvgIpc) is 3.07. The fourth-order valence-electron chi connectivity index (χ4n) is 2.59. The maximum absolute atomic E-state index is 12.4. The Hall–Kier alpha value is -3.61. The van der Waals surface area contributed by atoms with Crippen molar-refractivity contribution in [3.05, 3.63) is 77.5 Å². The number of hydrogen-bond donors (Lipinski definition) is 2. The van der Waals surface area contributed by atoms with Gasteiger partial charge in [0.25, 0.3) is 11.8 Å². The van der Waals surface area contributed by atoms with E-state index in [0.717, 1.165) is 5.56 Å². The summed E-state index contributed by atoms with van der Waals surface area (Å²) in [6.07, 6.45) is 0. The maximum Gasteiger partial charge on any atom is 0.272 e. The minimum Gasteiger partial charge on any atom is -0.496 e. The molecule has 3 aromatic rings. The molecular formula is C20H20N4O3. The lowest BCUT2D eigenvalue weighted by Gasteiger charge is -2.08. The summed E-state index contributed by atoms with van der Waals surface area (Å²) in [5, 5.41) is 9.73. The van der Waals surface area contributed by atoms with E-state index in [0.29, 0.717) is 23.7 Å². The molecule has 0 saturated carbocycles. The highest BCUT2D eigenvalue weighted by Crippen LogP contribution is 2.17. The first-order chi connectivity index (χ1) is 13.1. The van der Waals surface area contributed by atoms with Gasteiger partial charge in [0.2, 0.25) is 0 Å². The van der Waals surface area contributed by atoms with Gasteiger partial charge in [-0.3, -0.25) is 14.3 Å². The Balaban J connectivity index is 1.66. The lowest BCUT2D eigenvalue weighted by molar-refractivity contribution is 0.0944. The molecule has 0 aliphatic rings. The Morgan fingerprint density at radius 3 is 2.48 bits per heavy atom. The zero-order valence-electron chi connectivity index (χ0n) is 15.1. The molecule has 3 rings (SSSR count). The Bertz CT molecular complexity index is 951. The molecule has 138 valence electrons. The summed E-state index contributed by atoms with van der Waals surface area (Å²) in [5.41, 5.74) is 1.61. The van der Waals surface area contributed by atoms with E-state index >= 15 is 0 Å². The molecule has 0 radical (unpaired) electrons. The Kier molecular flexibility index (Phi) is 5.51. The number of nitrogens with one attached hydrogen (secondary N) is 2. The number of nitrogens with zero attached hydrogens (tertiary/aromatic N) is 2. The van der Waals surface area contributed by atoms with Gasteiger partial charge in [-0.1, -0.05) is 36.4 Å². The minimum atomic E-state index is -0.336. The number of carbonyl (C=O) groups is 2. The number of para-hydroxylation sites is 1. The van der Waals surface area contributed by atoms with Crippen molar-refractivity contribution in [1.29, 1.82) is 0 Å². The van der Waals surface area contributed by atoms with Gasteiger partial charge in [0.15, 0.2) is 5.69 Å². The SMILES string of the molecule is COc1ccccc1CNC(=O)c1cc(NC(=O)c2ccccc2)n(C)n1. The van der Waals surface area contributed by atoms with Crippen LogP contribution in [0.25, 0.3) is 0 Å². The van der Waals surface area contributed by atoms with Crippen LogP contribution in [0.4, 0.5) is 5.82 Å². The quantitative estimate of drug-likeness (QED) is 0.704. The van der Waals surface area contributed by atoms with Gasteiger partial charge in [0.05, 0.1) is 7.11 Å². The van der Waals surface area contributed by atoms with E-state index < -0.39 is 0 Å². The molecule has 1 heterocycles. The normalized spacial score (nSPS) is 10.3. The van der Waals surface area contributed by atoms with Crippen LogP contribution in [-0.4, -0.2) is 28.7 Å². The number of ether oxygens (including phenoxy) is 1. The first-order valence-corrected chi connectivity index (χ1v) is 8.39. The number of carbonyl (C=O) groups excluding carboxylic acids is 2. The largest absolute Gasteiger partial charge is 0.496 e. The monoisotopic (exact) mass is 364 g/mol. The predicted octanol–water partition coefficient (Wildman–Crippen LogP) is 2.61. The summed E-state index contributed by atoms with van der Waals surface area (Å²) in [5.74, 6) is 0.539. The summed E-state index contributed by atoms with van der Waals surface area (Å²) in [6, 6.07) is 17.8. The van der Waals surface area contributed by atoms with Crippen LogP contribution < -0.4 is 15.4 Å². The van der Waals surface area contributed by atoms with Crippen molar-refractivity contribution < 1.29 is 14.3 Å². The molecule has 0 unspecified atom stereocenters. The van der Waals surface area contributed by atoms with Crippen molar-refractivity contribution >= 4 is 17.6 Å². The number of methoxy groups -OCH3 is 1. The molecule has 0 spiro atoms. The number of aromatic nitrogens is 2. The number of amides is 2. The van der Waals surface area contributed by atoms with Crippen LogP contribution in [-0.2, 0) is 13.6 Å². The van der Waals surface area contributed by atoms with Gasteiger partial charge in [-0.2, -0.15) is 5.10 Å². The zero-order chi connectivity index (χ0) is 19.2. The van der Waals surface area contributed by atoms with Gasteiger partial charge >= 0.3 is 0 Å². The second kappa shape index (κ2) is 8.18. The minimum absolute atomic E-state index is 0.218. The topological polar surface area (TPSA) is 85.3 Å². The van der Waals surface area contributed by atoms with E-state index in [4.69, 9.17) is 4.74 Å². The molecule has 0 aliphatic heterocycles. The van der Waals surface area contributed by atoms with Crippen LogP contribution in [0.5, 0.6) is 5.75 Å². The Morgan fingerprint density at radius 1 is 1.04 bits per heavy atom. The average molecular weight is 364 g/mol. The second-order valence-corrected chi connectivity index (χ2v) is 5.85. The lowest BCUT2D eigenvalue weighted by atomic mass is 10.2. The van der Waals surface area contributed by atoms with Crippen molar-refractivity contribution in [2.24, 2.45) is 7.05 Å². The van der Waals surface area contributed by atoms with E-state index in [1.54, 1.807) is 44.5 Å². The number of rotatable bonds is 6. The molecular weight excluding hydrogens is 344 g/mol. The van der Waals surface area contributed by atoms with Crippen LogP contribution in [0.2, 0.25) is 0 Å². The molecule has 7 nitrogen and oxygen atoms in total. The second-order valence-electron chi connectivity index (χ2n) is 5.85. The molecule has 0 aliphatic carbocycles. The summed E-state index contributed by atoms with van der Waals surface area (Å²) < 4.78 is 6.73. The third-order valence-electron chi connectivity index (χ3n) is 4.02. The van der Waals surface area contributed by atoms with Gasteiger partial charge in [-0.25, -0.2) is 0 Å². The van der Waals surface area contributed by atoms with Crippen LogP contribution in [0.1, 0.15) is 26.4 Å². The van der Waals surface area contributed by atoms with Gasteiger partial charge < -0.3 is 15.4 Å². The third-order valence-corrected chi connectivity index (χ3v) is 4.02. The first-order valence-electron chi connectivity index (χ1n) is 8.39. The third kappa shape index (κ3) is 4.33. The molecule has 27 heavy (non-hydrogen) atoms. The fraction of sp³-hybridized carbons (Fsp3) is 0.150. The van der Waals surface area contributed by atoms with E-state index in [9.17, 15) is 9.59 Å². The number of anilines is 1. The summed E-state index contributed by atoms with van der Waals surface area (Å²) >= 11 is 0. The van der Waals surface area contributed by atoms with E-state index in [-0.39, 0.29) is 17.5 Å². The molecule has 0 bridgehead atoms. The molecule has 2 aromatic carbocycles. The highest BCUT2D eigenvalue weighted by molar-refractivity contribution is 6.04. The van der Waals surface area contributed by atoms with Crippen LogP contribution in [0.15, 0.2) is 60.7 Å². The molecule has 2 amide bonds. The van der Waals surface area contributed by atoms with E-state index in [1.165, 1.54) is 4.68 Å². The van der Waals surface area contributed by atoms with Gasteiger partial charge in [0, 0.05) is 30.8 Å². The Morgan fingerprint density at radius 2 is 1.74 bits per heavy atom. The van der Waals surface area contributed by atoms with E-state index in [2.05, 4.69) is 15.7 Å². The lowest BCUT2D eigenvalue weighted by Crippen LogP contribution is -2.23. The number of benzene rings is 2. The van der Waals surface area contributed by atoms with Gasteiger partial charge in [-0.05, 0) is 18.2 Å². The summed E-state index contributed by atoms with van der Waals surface area (Å²) in [6.45, 7) is 0.311. The van der Waals surface area contributed by atoms with Crippen LogP contribution in [0, 0.1) is 0 Å². The molecule has 0 atom stereocenters. The molecule has 7 heteroatoms. The van der Waals surface area contributed by atoms with Crippen molar-refractivity contribution in [3.8, 4) is 5.75 Å². The van der Waals surface area contributed by atoms with Crippen molar-refractivity contribution in [1.82, 2.24) is 15.1 Å². The number of hydrogen-bond acceptors (Lipinski definition) is 4. The highest BCUT2D eigenvalue weighted by atomic mass is 16.5. The van der Waals surface area contributed by atoms with E-state index in [1.807, 2.05) is 30.3 Å². The summed E-state index contributed by atoms with van der Waals surface area (Å²) in [7, 11) is 3.25. The Labute approximate surface area is 157 Å². The molecule has 2 N–H and O–H groups in total. The van der Waals surface area contributed by atoms with Crippen molar-refractivity contribution in [2.45, 2.75) is 6.54 Å². The van der Waals surface area contributed by atoms with Crippen molar-refractivity contribution in [3.63, 3.8) is 0 Å². The standard InChI is InChI=1S/C20H20N4O3/c1-24-18(22-19(25)14-8-4-3-5-9-14)12-16(23-24)20(26)21-13-15-10-6-7-11-17(15)27-2/h3-12H,13H2,1-2H3,(H,21,26)(H,22,25). The zero-order valence-corrected chi connectivity index (χ0v) is 15.1. The van der Waals surface area contributed by atoms with Gasteiger partial charge in [-0.15, -0.1) is 0 Å². The molecule has 0 saturated heterocycles. The predicted molar refractivity (Wildman–Crippen MR) is 102 cm³/mol. The molecule has 0 fully saturated rings. The van der Waals surface area contributed by atoms with Crippen LogP contribution >= 0.6 is 0 Å². The van der Waals surface area contributed by atoms with Gasteiger partial charge in [0.1, 0.15) is 11.6 Å². The van der Waals surface area contributed by atoms with Crippen LogP contribution in [0.3, 0.4) is 0 Å². The number of aryl methyl sites for hydroxylation is 1. The van der Waals surface area contributed by atoms with Crippen molar-refractivity contribution in [2.75, 3.05) is 12.4 Å². The maximum atomic E-state index is 12.4. The summed E-state index contributed by atoms with van der Waals surface area (Å²) in [4.78, 5) is 24.7. The smallest absolute Gasteiger partial charge is 0.272 e.